The number of hydrogen-bond donors (Lipinski definition) is 1. The first-order valence-corrected chi connectivity index (χ1v) is 7.75. The van der Waals surface area contributed by atoms with E-state index >= 15 is 0 Å². The average Bonchev–Trinajstić information content (AvgIpc) is 3.22. The highest BCUT2D eigenvalue weighted by Gasteiger charge is 2.27. The van der Waals surface area contributed by atoms with Gasteiger partial charge >= 0.3 is 0 Å². The Morgan fingerprint density at radius 2 is 2.14 bits per heavy atom. The van der Waals surface area contributed by atoms with Crippen LogP contribution >= 0.6 is 0 Å². The molecule has 1 fully saturated rings. The summed E-state index contributed by atoms with van der Waals surface area (Å²) in [5.41, 5.74) is -0.313. The van der Waals surface area contributed by atoms with Crippen molar-refractivity contribution in [1.82, 2.24) is 9.62 Å². The van der Waals surface area contributed by atoms with Crippen molar-refractivity contribution in [3.05, 3.63) is 34.4 Å². The average molecular weight is 313 g/mol. The zero-order valence-corrected chi connectivity index (χ0v) is 12.2. The predicted octanol–water partition coefficient (Wildman–Crippen LogP) is 0.494. The summed E-state index contributed by atoms with van der Waals surface area (Å²) < 4.78 is 25.4. The van der Waals surface area contributed by atoms with Crippen molar-refractivity contribution in [2.45, 2.75) is 23.8 Å². The van der Waals surface area contributed by atoms with Crippen LogP contribution in [0.4, 0.5) is 5.69 Å². The first-order valence-electron chi connectivity index (χ1n) is 6.31. The summed E-state index contributed by atoms with van der Waals surface area (Å²) in [6.45, 7) is -0.318. The molecule has 9 heteroatoms. The third kappa shape index (κ3) is 3.76. The number of carbonyl (C=O) groups excluding carboxylic acids is 1. The van der Waals surface area contributed by atoms with Gasteiger partial charge in [0.25, 0.3) is 5.69 Å². The largest absolute Gasteiger partial charge is 0.352 e. The fourth-order valence-electron chi connectivity index (χ4n) is 1.73. The van der Waals surface area contributed by atoms with Crippen LogP contribution < -0.4 is 5.32 Å². The van der Waals surface area contributed by atoms with Crippen LogP contribution in [0.1, 0.15) is 12.8 Å². The molecule has 1 saturated carbocycles. The maximum absolute atomic E-state index is 12.3. The highest BCUT2D eigenvalue weighted by atomic mass is 32.2. The Labute approximate surface area is 122 Å². The molecule has 1 aromatic carbocycles. The van der Waals surface area contributed by atoms with Gasteiger partial charge in [-0.05, 0) is 18.9 Å². The number of benzene rings is 1. The molecular formula is C12H15N3O5S. The summed E-state index contributed by atoms with van der Waals surface area (Å²) in [4.78, 5) is 21.4. The SMILES string of the molecule is CN(CC(=O)NC1CC1)S(=O)(=O)c1cccc([N+](=O)[O-])c1. The van der Waals surface area contributed by atoms with Crippen LogP contribution in [0.2, 0.25) is 0 Å². The molecule has 0 radical (unpaired) electrons. The van der Waals surface area contributed by atoms with E-state index in [9.17, 15) is 23.3 Å². The van der Waals surface area contributed by atoms with Gasteiger partial charge in [0.15, 0.2) is 0 Å². The van der Waals surface area contributed by atoms with E-state index < -0.39 is 14.9 Å². The van der Waals surface area contributed by atoms with Crippen molar-refractivity contribution in [3.8, 4) is 0 Å². The van der Waals surface area contributed by atoms with Gasteiger partial charge < -0.3 is 5.32 Å². The number of nitro benzene ring substituents is 1. The lowest BCUT2D eigenvalue weighted by Crippen LogP contribution is -2.39. The number of likely N-dealkylation sites (N-methyl/N-ethyl adjacent to an activating group) is 1. The molecule has 1 amide bonds. The molecule has 0 heterocycles. The molecule has 1 N–H and O–H groups in total. The number of hydrogen-bond acceptors (Lipinski definition) is 5. The maximum atomic E-state index is 12.3. The second-order valence-corrected chi connectivity index (χ2v) is 6.90. The highest BCUT2D eigenvalue weighted by molar-refractivity contribution is 7.89. The van der Waals surface area contributed by atoms with Gasteiger partial charge in [0.1, 0.15) is 0 Å². The summed E-state index contributed by atoms with van der Waals surface area (Å²) >= 11 is 0. The standard InChI is InChI=1S/C12H15N3O5S/c1-14(8-12(16)13-9-5-6-9)21(19,20)11-4-2-3-10(7-11)15(17)18/h2-4,7,9H,5-6,8H2,1H3,(H,13,16). The number of sulfonamides is 1. The van der Waals surface area contributed by atoms with E-state index in [0.717, 1.165) is 23.2 Å². The molecule has 0 aromatic heterocycles. The topological polar surface area (TPSA) is 110 Å². The number of rotatable bonds is 6. The molecule has 1 aliphatic carbocycles. The first-order chi connectivity index (χ1) is 9.80. The van der Waals surface area contributed by atoms with E-state index in [2.05, 4.69) is 5.32 Å². The van der Waals surface area contributed by atoms with Crippen LogP contribution in [0.15, 0.2) is 29.2 Å². The zero-order valence-electron chi connectivity index (χ0n) is 11.4. The smallest absolute Gasteiger partial charge is 0.270 e. The van der Waals surface area contributed by atoms with Gasteiger partial charge in [-0.1, -0.05) is 6.07 Å². The quantitative estimate of drug-likeness (QED) is 0.607. The summed E-state index contributed by atoms with van der Waals surface area (Å²) in [6.07, 6.45) is 1.82. The van der Waals surface area contributed by atoms with E-state index in [1.165, 1.54) is 25.2 Å². The molecule has 1 aliphatic rings. The van der Waals surface area contributed by atoms with Crippen LogP contribution in [0, 0.1) is 10.1 Å². The lowest BCUT2D eigenvalue weighted by Gasteiger charge is -2.16. The molecule has 8 nitrogen and oxygen atoms in total. The van der Waals surface area contributed by atoms with Crippen molar-refractivity contribution in [2.24, 2.45) is 0 Å². The van der Waals surface area contributed by atoms with Crippen molar-refractivity contribution < 1.29 is 18.1 Å². The van der Waals surface area contributed by atoms with Crippen molar-refractivity contribution in [3.63, 3.8) is 0 Å². The number of nitro groups is 1. The van der Waals surface area contributed by atoms with Crippen molar-refractivity contribution in [2.75, 3.05) is 13.6 Å². The molecule has 21 heavy (non-hydrogen) atoms. The van der Waals surface area contributed by atoms with Gasteiger partial charge in [-0.3, -0.25) is 14.9 Å². The lowest BCUT2D eigenvalue weighted by atomic mass is 10.3. The minimum absolute atomic E-state index is 0.145. The number of carbonyl (C=O) groups is 1. The summed E-state index contributed by atoms with van der Waals surface area (Å²) in [7, 11) is -2.67. The number of nitrogens with one attached hydrogen (secondary N) is 1. The molecular weight excluding hydrogens is 298 g/mol. The van der Waals surface area contributed by atoms with Gasteiger partial charge in [0, 0.05) is 25.2 Å². The Balaban J connectivity index is 2.13. The lowest BCUT2D eigenvalue weighted by molar-refractivity contribution is -0.385. The Morgan fingerprint density at radius 1 is 1.48 bits per heavy atom. The second kappa shape index (κ2) is 5.78. The maximum Gasteiger partial charge on any atom is 0.270 e. The Morgan fingerprint density at radius 3 is 2.71 bits per heavy atom. The van der Waals surface area contributed by atoms with Gasteiger partial charge in [-0.25, -0.2) is 8.42 Å². The minimum atomic E-state index is -3.94. The van der Waals surface area contributed by atoms with Crippen molar-refractivity contribution >= 4 is 21.6 Å². The van der Waals surface area contributed by atoms with E-state index in [1.807, 2.05) is 0 Å². The van der Waals surface area contributed by atoms with E-state index in [4.69, 9.17) is 0 Å². The Bertz CT molecular complexity index is 669. The normalized spacial score (nSPS) is 15.0. The Hall–Kier alpha value is -2.00. The molecule has 0 spiro atoms. The summed E-state index contributed by atoms with van der Waals surface area (Å²) in [6, 6.07) is 4.89. The van der Waals surface area contributed by atoms with Gasteiger partial charge in [0.2, 0.25) is 15.9 Å². The minimum Gasteiger partial charge on any atom is -0.352 e. The third-order valence-electron chi connectivity index (χ3n) is 3.05. The van der Waals surface area contributed by atoms with Crippen LogP contribution in [-0.2, 0) is 14.8 Å². The third-order valence-corrected chi connectivity index (χ3v) is 4.84. The van der Waals surface area contributed by atoms with E-state index in [1.54, 1.807) is 0 Å². The van der Waals surface area contributed by atoms with Gasteiger partial charge in [-0.2, -0.15) is 4.31 Å². The molecule has 0 atom stereocenters. The molecule has 0 aliphatic heterocycles. The van der Waals surface area contributed by atoms with Crippen LogP contribution in [0.3, 0.4) is 0 Å². The van der Waals surface area contributed by atoms with Crippen molar-refractivity contribution in [1.29, 1.82) is 0 Å². The molecule has 0 unspecified atom stereocenters. The van der Waals surface area contributed by atoms with Crippen LogP contribution in [-0.4, -0.2) is 43.2 Å². The number of nitrogens with zero attached hydrogens (tertiary/aromatic N) is 2. The van der Waals surface area contributed by atoms with E-state index in [0.29, 0.717) is 0 Å². The first kappa shape index (κ1) is 15.4. The molecule has 0 saturated heterocycles. The van der Waals surface area contributed by atoms with Crippen LogP contribution in [0.5, 0.6) is 0 Å². The predicted molar refractivity (Wildman–Crippen MR) is 74.1 cm³/mol. The fourth-order valence-corrected chi connectivity index (χ4v) is 2.89. The monoisotopic (exact) mass is 313 g/mol. The summed E-state index contributed by atoms with van der Waals surface area (Å²) in [5, 5.41) is 13.4. The molecule has 114 valence electrons. The number of non-ortho nitro benzene ring substituents is 1. The fraction of sp³-hybridized carbons (Fsp3) is 0.417. The highest BCUT2D eigenvalue weighted by Crippen LogP contribution is 2.21. The molecule has 0 bridgehead atoms. The van der Waals surface area contributed by atoms with Gasteiger partial charge in [0.05, 0.1) is 16.4 Å². The Kier molecular flexibility index (Phi) is 4.24. The second-order valence-electron chi connectivity index (χ2n) is 4.86. The molecule has 1 aromatic rings. The number of amides is 1. The zero-order chi connectivity index (χ0) is 15.6. The molecule has 2 rings (SSSR count). The van der Waals surface area contributed by atoms with Gasteiger partial charge in [-0.15, -0.1) is 0 Å². The summed E-state index contributed by atoms with van der Waals surface area (Å²) in [5.74, 6) is -0.381. The van der Waals surface area contributed by atoms with E-state index in [-0.39, 0.29) is 29.1 Å². The van der Waals surface area contributed by atoms with Crippen LogP contribution in [0.25, 0.3) is 0 Å².